The summed E-state index contributed by atoms with van der Waals surface area (Å²) in [6.45, 7) is 12.1. The summed E-state index contributed by atoms with van der Waals surface area (Å²) in [7, 11) is 0. The Morgan fingerprint density at radius 2 is 1.45 bits per heavy atom. The molecule has 2 unspecified atom stereocenters. The zero-order valence-corrected chi connectivity index (χ0v) is 30.6. The summed E-state index contributed by atoms with van der Waals surface area (Å²) in [6, 6.07) is 29.3. The third kappa shape index (κ3) is 6.73. The first-order valence-electron chi connectivity index (χ1n) is 13.4. The number of rotatable bonds is 4. The van der Waals surface area contributed by atoms with E-state index in [1.807, 2.05) is 0 Å². The van der Waals surface area contributed by atoms with Crippen molar-refractivity contribution in [3.8, 4) is 0 Å². The van der Waals surface area contributed by atoms with E-state index in [0.29, 0.717) is 0 Å². The minimum absolute atomic E-state index is 0. The van der Waals surface area contributed by atoms with Crippen molar-refractivity contribution in [3.63, 3.8) is 0 Å². The first-order chi connectivity index (χ1) is 18.4. The van der Waals surface area contributed by atoms with E-state index in [0.717, 1.165) is 6.42 Å². The van der Waals surface area contributed by atoms with Gasteiger partial charge in [0.1, 0.15) is 0 Å². The van der Waals surface area contributed by atoms with Crippen molar-refractivity contribution in [2.45, 2.75) is 50.9 Å². The van der Waals surface area contributed by atoms with Crippen LogP contribution in [0.5, 0.6) is 0 Å². The molecule has 3 aliphatic carbocycles. The Labute approximate surface area is 284 Å². The van der Waals surface area contributed by atoms with Gasteiger partial charge in [-0.2, -0.15) is 11.6 Å². The molecule has 0 spiro atoms. The van der Waals surface area contributed by atoms with Crippen LogP contribution in [0.3, 0.4) is 0 Å². The molecule has 0 N–H and O–H groups in total. The Bertz CT molecular complexity index is 1500. The topological polar surface area (TPSA) is 0 Å². The van der Waals surface area contributed by atoms with Gasteiger partial charge in [0.15, 0.2) is 0 Å². The SMILES string of the molecule is CCC1=[C-]C2=CC=CC(c3ccccc3)(C3C(c4ccc(C(C)(C)C)cc4)=Cc4ccccc43)C2=C1.Cl.Cl.[CH3-].[CH3-].[Si]=[Zr]. The molecule has 0 aliphatic heterocycles. The van der Waals surface area contributed by atoms with Crippen molar-refractivity contribution in [2.24, 2.45) is 0 Å². The maximum absolute atomic E-state index is 3.71. The second kappa shape index (κ2) is 15.7. The van der Waals surface area contributed by atoms with E-state index in [9.17, 15) is 0 Å². The molecular weight excluding hydrogens is 647 g/mol. The fourth-order valence-electron chi connectivity index (χ4n) is 6.19. The first-order valence-corrected chi connectivity index (χ1v) is 17.6. The van der Waals surface area contributed by atoms with Crippen LogP contribution in [0, 0.1) is 20.9 Å². The van der Waals surface area contributed by atoms with Gasteiger partial charge in [0.2, 0.25) is 0 Å². The van der Waals surface area contributed by atoms with Crippen molar-refractivity contribution in [3.05, 3.63) is 169 Å². The van der Waals surface area contributed by atoms with Crippen molar-refractivity contribution < 1.29 is 23.3 Å². The van der Waals surface area contributed by atoms with Crippen molar-refractivity contribution >= 4 is 43.3 Å². The fraction of sp³-hybridized carbons (Fsp3) is 0.211. The van der Waals surface area contributed by atoms with E-state index in [1.165, 1.54) is 73.4 Å². The Morgan fingerprint density at radius 3 is 2.07 bits per heavy atom. The van der Waals surface area contributed by atoms with Gasteiger partial charge in [0, 0.05) is 11.3 Å². The van der Waals surface area contributed by atoms with Crippen molar-refractivity contribution in [2.75, 3.05) is 0 Å². The van der Waals surface area contributed by atoms with Crippen LogP contribution in [0.15, 0.2) is 120 Å². The molecule has 3 aromatic carbocycles. The van der Waals surface area contributed by atoms with E-state index in [2.05, 4.69) is 150 Å². The molecule has 0 saturated heterocycles. The summed E-state index contributed by atoms with van der Waals surface area (Å²) in [5.74, 6) is 0.167. The predicted octanol–water partition coefficient (Wildman–Crippen LogP) is 10.5. The van der Waals surface area contributed by atoms with Gasteiger partial charge >= 0.3 is 30.2 Å². The zero-order valence-electron chi connectivity index (χ0n) is 25.5. The van der Waals surface area contributed by atoms with Crippen LogP contribution in [0.4, 0.5) is 0 Å². The van der Waals surface area contributed by atoms with Crippen LogP contribution in [-0.2, 0) is 34.2 Å². The number of benzene rings is 3. The molecule has 0 nitrogen and oxygen atoms in total. The molecule has 2 radical (unpaired) electrons. The van der Waals surface area contributed by atoms with Crippen LogP contribution < -0.4 is 0 Å². The van der Waals surface area contributed by atoms with Crippen molar-refractivity contribution in [1.29, 1.82) is 0 Å². The summed E-state index contributed by atoms with van der Waals surface area (Å²) < 4.78 is 0. The first kappa shape index (κ1) is 38.1. The number of halogens is 2. The molecule has 3 aromatic rings. The molecule has 2 atom stereocenters. The van der Waals surface area contributed by atoms with Gasteiger partial charge in [-0.05, 0) is 45.2 Å². The molecule has 0 amide bonds. The van der Waals surface area contributed by atoms with Gasteiger partial charge in [-0.25, -0.2) is 0 Å². The van der Waals surface area contributed by atoms with Gasteiger partial charge in [-0.15, -0.1) is 54.2 Å². The van der Waals surface area contributed by atoms with Gasteiger partial charge < -0.3 is 14.9 Å². The van der Waals surface area contributed by atoms with E-state index in [4.69, 9.17) is 0 Å². The number of hydrogen-bond donors (Lipinski definition) is 0. The average Bonchev–Trinajstić information content (AvgIpc) is 3.56. The second-order valence-corrected chi connectivity index (χ2v) is 11.2. The van der Waals surface area contributed by atoms with Gasteiger partial charge in [0.05, 0.1) is 0 Å². The molecule has 42 heavy (non-hydrogen) atoms. The van der Waals surface area contributed by atoms with E-state index >= 15 is 0 Å². The van der Waals surface area contributed by atoms with Crippen molar-refractivity contribution in [1.82, 2.24) is 0 Å². The third-order valence-electron chi connectivity index (χ3n) is 8.07. The summed E-state index contributed by atoms with van der Waals surface area (Å²) in [6.07, 6.45) is 16.5. The van der Waals surface area contributed by atoms with Crippen LogP contribution in [0.25, 0.3) is 11.6 Å². The average molecular weight is 688 g/mol. The van der Waals surface area contributed by atoms with Crippen LogP contribution >= 0.6 is 24.8 Å². The molecule has 3 aliphatic rings. The maximum atomic E-state index is 3.71. The molecule has 4 heteroatoms. The molecule has 0 bridgehead atoms. The summed E-state index contributed by atoms with van der Waals surface area (Å²) in [4.78, 5) is 0. The number of allylic oxidation sites excluding steroid dienone is 9. The molecule has 0 fully saturated rings. The minimum atomic E-state index is -0.309. The molecule has 0 saturated carbocycles. The Balaban J connectivity index is 0.00000144. The zero-order chi connectivity index (χ0) is 26.9. The number of fused-ring (bicyclic) bond motifs is 2. The predicted molar refractivity (Wildman–Crippen MR) is 186 cm³/mol. The Morgan fingerprint density at radius 1 is 0.833 bits per heavy atom. The quantitative estimate of drug-likeness (QED) is 0.189. The Hall–Kier alpha value is -1.96. The molecular formula is C38H41Cl2SiZr-3. The van der Waals surface area contributed by atoms with E-state index < -0.39 is 0 Å². The van der Waals surface area contributed by atoms with E-state index in [1.54, 1.807) is 0 Å². The molecule has 218 valence electrons. The monoisotopic (exact) mass is 685 g/mol. The Kier molecular flexibility index (Phi) is 14.2. The summed E-state index contributed by atoms with van der Waals surface area (Å²) in [5.41, 5.74) is 11.8. The van der Waals surface area contributed by atoms with E-state index in [-0.39, 0.29) is 56.4 Å². The standard InChI is InChI=1S/C36H33.2CH3.2ClH.Si.Zr/c1-5-25-22-28-13-11-21-36(33(28)23-25,30-14-7-6-8-15-30)34-31-16-10-9-12-27(31)24-32(34)26-17-19-29(20-18-26)35(2,3)4;;;;;;/h6-21,23-24,34H,5H2,1-4H3;2*1H3;2*1H;;/q3*-1;;;;. The molecule has 6 rings (SSSR count). The van der Waals surface area contributed by atoms with Crippen LogP contribution in [0.1, 0.15) is 67.9 Å². The molecule has 0 heterocycles. The van der Waals surface area contributed by atoms with Crippen LogP contribution in [-0.4, -0.2) is 6.88 Å². The molecule has 0 aromatic heterocycles. The van der Waals surface area contributed by atoms with Crippen LogP contribution in [0.2, 0.25) is 0 Å². The third-order valence-corrected chi connectivity index (χ3v) is 8.07. The normalized spacial score (nSPS) is 19.3. The summed E-state index contributed by atoms with van der Waals surface area (Å²) in [5, 5.41) is 0. The van der Waals surface area contributed by atoms with Gasteiger partial charge in [-0.1, -0.05) is 119 Å². The summed E-state index contributed by atoms with van der Waals surface area (Å²) >= 11 is 1.36. The number of hydrogen-bond acceptors (Lipinski definition) is 0. The second-order valence-electron chi connectivity index (χ2n) is 11.2. The fourth-order valence-corrected chi connectivity index (χ4v) is 6.19. The van der Waals surface area contributed by atoms with Gasteiger partial charge in [0.25, 0.3) is 0 Å². The van der Waals surface area contributed by atoms with Gasteiger partial charge in [-0.3, -0.25) is 0 Å².